The van der Waals surface area contributed by atoms with E-state index in [0.717, 1.165) is 0 Å². The molecule has 1 heterocycles. The zero-order valence-electron chi connectivity index (χ0n) is 11.3. The van der Waals surface area contributed by atoms with E-state index in [9.17, 15) is 10.1 Å². The Morgan fingerprint density at radius 2 is 2.35 bits per heavy atom. The zero-order valence-corrected chi connectivity index (χ0v) is 11.3. The van der Waals surface area contributed by atoms with E-state index in [-0.39, 0.29) is 11.4 Å². The molecule has 1 aromatic rings. The smallest absolute Gasteiger partial charge is 0.298 e. The highest BCUT2D eigenvalue weighted by Gasteiger charge is 2.20. The quantitative estimate of drug-likeness (QED) is 0.187. The van der Waals surface area contributed by atoms with Crippen molar-refractivity contribution in [3.05, 3.63) is 27.9 Å². The van der Waals surface area contributed by atoms with Gasteiger partial charge in [-0.25, -0.2) is 4.98 Å². The van der Waals surface area contributed by atoms with Gasteiger partial charge in [-0.3, -0.25) is 10.1 Å². The number of rotatable bonds is 7. The Balaban J connectivity index is 3.03. The average Bonchev–Trinajstić information content (AvgIpc) is 2.45. The van der Waals surface area contributed by atoms with Gasteiger partial charge in [-0.15, -0.1) is 0 Å². The highest BCUT2D eigenvalue weighted by atomic mass is 16.6. The van der Waals surface area contributed by atoms with Crippen LogP contribution in [0.15, 0.2) is 17.3 Å². The van der Waals surface area contributed by atoms with Crippen LogP contribution < -0.4 is 10.6 Å². The number of nitrogens with two attached hydrogens (primary N) is 1. The SMILES string of the molecule is CCOCCN(C)c1ccc([N+](=O)[O-])c(/C(N)=N/O)n1. The maximum absolute atomic E-state index is 10.9. The first-order valence-electron chi connectivity index (χ1n) is 5.93. The number of pyridine rings is 1. The predicted molar refractivity (Wildman–Crippen MR) is 73.2 cm³/mol. The summed E-state index contributed by atoms with van der Waals surface area (Å²) in [6.07, 6.45) is 0. The van der Waals surface area contributed by atoms with Crippen LogP contribution in [0, 0.1) is 10.1 Å². The first-order valence-corrected chi connectivity index (χ1v) is 5.93. The van der Waals surface area contributed by atoms with E-state index in [1.54, 1.807) is 11.9 Å². The zero-order chi connectivity index (χ0) is 15.1. The predicted octanol–water partition coefficient (Wildman–Crippen LogP) is 0.557. The molecule has 3 N–H and O–H groups in total. The first-order chi connectivity index (χ1) is 9.51. The molecule has 0 unspecified atom stereocenters. The second-order valence-electron chi connectivity index (χ2n) is 3.90. The van der Waals surface area contributed by atoms with Crippen molar-refractivity contribution < 1.29 is 14.9 Å². The van der Waals surface area contributed by atoms with Crippen molar-refractivity contribution in [3.8, 4) is 0 Å². The molecule has 0 saturated heterocycles. The van der Waals surface area contributed by atoms with E-state index in [4.69, 9.17) is 15.7 Å². The molecule has 0 saturated carbocycles. The lowest BCUT2D eigenvalue weighted by molar-refractivity contribution is -0.385. The molecule has 0 spiro atoms. The lowest BCUT2D eigenvalue weighted by Crippen LogP contribution is -2.25. The van der Waals surface area contributed by atoms with Gasteiger partial charge in [-0.2, -0.15) is 0 Å². The van der Waals surface area contributed by atoms with Crippen molar-refractivity contribution in [1.82, 2.24) is 4.98 Å². The number of anilines is 1. The minimum absolute atomic E-state index is 0.168. The molecule has 0 aliphatic carbocycles. The standard InChI is InChI=1S/C11H17N5O4/c1-3-20-7-6-15(2)9-5-4-8(16(18)19)10(13-9)11(12)14-17/h4-5,17H,3,6-7H2,1-2H3,(H2,12,14). The Kier molecular flexibility index (Phi) is 5.66. The van der Waals surface area contributed by atoms with E-state index in [0.29, 0.717) is 25.6 Å². The Hall–Kier alpha value is -2.42. The molecule has 0 aliphatic heterocycles. The van der Waals surface area contributed by atoms with Crippen LogP contribution in [-0.4, -0.2) is 47.8 Å². The van der Waals surface area contributed by atoms with Gasteiger partial charge >= 0.3 is 0 Å². The molecule has 0 fully saturated rings. The van der Waals surface area contributed by atoms with Gasteiger partial charge in [0.1, 0.15) is 5.82 Å². The van der Waals surface area contributed by atoms with E-state index < -0.39 is 10.8 Å². The van der Waals surface area contributed by atoms with Crippen LogP contribution in [0.5, 0.6) is 0 Å². The van der Waals surface area contributed by atoms with Gasteiger partial charge in [0, 0.05) is 26.3 Å². The van der Waals surface area contributed by atoms with Gasteiger partial charge in [0.2, 0.25) is 0 Å². The Morgan fingerprint density at radius 3 is 2.90 bits per heavy atom. The number of aromatic nitrogens is 1. The van der Waals surface area contributed by atoms with E-state index >= 15 is 0 Å². The third kappa shape index (κ3) is 3.79. The fraction of sp³-hybridized carbons (Fsp3) is 0.455. The highest BCUT2D eigenvalue weighted by molar-refractivity contribution is 5.99. The Labute approximate surface area is 115 Å². The summed E-state index contributed by atoms with van der Waals surface area (Å²) in [5, 5.41) is 22.3. The fourth-order valence-electron chi connectivity index (χ4n) is 1.50. The minimum atomic E-state index is -0.635. The van der Waals surface area contributed by atoms with Gasteiger partial charge in [0.15, 0.2) is 11.5 Å². The molecule has 20 heavy (non-hydrogen) atoms. The Bertz CT molecular complexity index is 506. The second-order valence-corrected chi connectivity index (χ2v) is 3.90. The molecule has 0 aromatic carbocycles. The largest absolute Gasteiger partial charge is 0.409 e. The number of hydrogen-bond acceptors (Lipinski definition) is 7. The average molecular weight is 283 g/mol. The number of oxime groups is 1. The van der Waals surface area contributed by atoms with Crippen LogP contribution >= 0.6 is 0 Å². The molecular weight excluding hydrogens is 266 g/mol. The molecule has 0 atom stereocenters. The van der Waals surface area contributed by atoms with Gasteiger partial charge in [0.05, 0.1) is 11.5 Å². The van der Waals surface area contributed by atoms with Crippen LogP contribution in [0.1, 0.15) is 12.6 Å². The molecule has 9 nitrogen and oxygen atoms in total. The van der Waals surface area contributed by atoms with E-state index in [2.05, 4.69) is 10.1 Å². The monoisotopic (exact) mass is 283 g/mol. The molecule has 0 amide bonds. The summed E-state index contributed by atoms with van der Waals surface area (Å²) in [7, 11) is 1.77. The summed E-state index contributed by atoms with van der Waals surface area (Å²) in [6, 6.07) is 2.77. The normalized spacial score (nSPS) is 11.4. The summed E-state index contributed by atoms with van der Waals surface area (Å²) in [6.45, 7) is 3.57. The van der Waals surface area contributed by atoms with E-state index in [1.807, 2.05) is 6.92 Å². The fourth-order valence-corrected chi connectivity index (χ4v) is 1.50. The topological polar surface area (TPSA) is 127 Å². The maximum atomic E-state index is 10.9. The number of amidine groups is 1. The Morgan fingerprint density at radius 1 is 1.65 bits per heavy atom. The van der Waals surface area contributed by atoms with Gasteiger partial charge < -0.3 is 20.6 Å². The summed E-state index contributed by atoms with van der Waals surface area (Å²) in [4.78, 5) is 16.1. The maximum Gasteiger partial charge on any atom is 0.298 e. The molecule has 0 aliphatic rings. The third-order valence-electron chi connectivity index (χ3n) is 2.57. The number of nitro groups is 1. The summed E-state index contributed by atoms with van der Waals surface area (Å²) < 4.78 is 5.22. The number of ether oxygens (including phenoxy) is 1. The summed E-state index contributed by atoms with van der Waals surface area (Å²) in [5.41, 5.74) is 4.93. The van der Waals surface area contributed by atoms with Crippen molar-refractivity contribution >= 4 is 17.3 Å². The highest BCUT2D eigenvalue weighted by Crippen LogP contribution is 2.20. The first kappa shape index (κ1) is 15.6. The number of hydrogen-bond donors (Lipinski definition) is 2. The summed E-state index contributed by atoms with van der Waals surface area (Å²) >= 11 is 0. The summed E-state index contributed by atoms with van der Waals surface area (Å²) in [5.74, 6) is 0.0636. The molecule has 1 rings (SSSR count). The molecule has 0 radical (unpaired) electrons. The molecule has 0 bridgehead atoms. The van der Waals surface area contributed by atoms with Gasteiger partial charge in [-0.1, -0.05) is 5.16 Å². The molecule has 9 heteroatoms. The van der Waals surface area contributed by atoms with Crippen molar-refractivity contribution in [2.45, 2.75) is 6.92 Å². The van der Waals surface area contributed by atoms with Crippen molar-refractivity contribution in [2.75, 3.05) is 31.7 Å². The lowest BCUT2D eigenvalue weighted by Gasteiger charge is -2.18. The lowest BCUT2D eigenvalue weighted by atomic mass is 10.2. The van der Waals surface area contributed by atoms with Crippen LogP contribution in [0.3, 0.4) is 0 Å². The minimum Gasteiger partial charge on any atom is -0.409 e. The third-order valence-corrected chi connectivity index (χ3v) is 2.57. The van der Waals surface area contributed by atoms with Crippen LogP contribution in [-0.2, 0) is 4.74 Å². The van der Waals surface area contributed by atoms with Crippen molar-refractivity contribution in [3.63, 3.8) is 0 Å². The molecular formula is C11H17N5O4. The van der Waals surface area contributed by atoms with Gasteiger partial charge in [-0.05, 0) is 13.0 Å². The molecule has 110 valence electrons. The van der Waals surface area contributed by atoms with Crippen molar-refractivity contribution in [2.24, 2.45) is 10.9 Å². The van der Waals surface area contributed by atoms with Gasteiger partial charge in [0.25, 0.3) is 5.69 Å². The number of likely N-dealkylation sites (N-methyl/N-ethyl adjacent to an activating group) is 1. The van der Waals surface area contributed by atoms with Crippen LogP contribution in [0.4, 0.5) is 11.5 Å². The van der Waals surface area contributed by atoms with Crippen molar-refractivity contribution in [1.29, 1.82) is 0 Å². The second kappa shape index (κ2) is 7.24. The van der Waals surface area contributed by atoms with E-state index in [1.165, 1.54) is 12.1 Å². The number of nitrogens with zero attached hydrogens (tertiary/aromatic N) is 4. The van der Waals surface area contributed by atoms with Crippen LogP contribution in [0.2, 0.25) is 0 Å². The molecule has 1 aromatic heterocycles. The van der Waals surface area contributed by atoms with Crippen LogP contribution in [0.25, 0.3) is 0 Å².